The molecule has 1 aromatic carbocycles. The lowest BCUT2D eigenvalue weighted by molar-refractivity contribution is -0.125. The number of nitrogens with one attached hydrogen (secondary N) is 1. The lowest BCUT2D eigenvalue weighted by Gasteiger charge is -2.15. The van der Waals surface area contributed by atoms with Crippen molar-refractivity contribution in [1.29, 1.82) is 0 Å². The Morgan fingerprint density at radius 1 is 1.17 bits per heavy atom. The summed E-state index contributed by atoms with van der Waals surface area (Å²) in [5.74, 6) is -3.28. The summed E-state index contributed by atoms with van der Waals surface area (Å²) in [5.41, 5.74) is 0. The number of ether oxygens (including phenoxy) is 1. The molecule has 0 fully saturated rings. The molecule has 18 heavy (non-hydrogen) atoms. The average molecular weight is 265 g/mol. The second kappa shape index (κ2) is 7.20. The minimum absolute atomic E-state index is 0.204. The maximum absolute atomic E-state index is 12.5. The number of rotatable bonds is 8. The van der Waals surface area contributed by atoms with E-state index in [9.17, 15) is 17.6 Å². The van der Waals surface area contributed by atoms with Crippen molar-refractivity contribution in [2.24, 2.45) is 0 Å². The zero-order valence-electron chi connectivity index (χ0n) is 9.71. The highest BCUT2D eigenvalue weighted by atomic mass is 19.3. The van der Waals surface area contributed by atoms with Gasteiger partial charge in [0.2, 0.25) is 0 Å². The molecule has 102 valence electrons. The van der Waals surface area contributed by atoms with Crippen molar-refractivity contribution >= 4 is 0 Å². The molecule has 0 unspecified atom stereocenters. The smallest absolute Gasteiger partial charge is 0.319 e. The average Bonchev–Trinajstić information content (AvgIpc) is 2.34. The number of benzene rings is 1. The topological polar surface area (TPSA) is 21.3 Å². The Morgan fingerprint density at radius 3 is 2.44 bits per heavy atom. The summed E-state index contributed by atoms with van der Waals surface area (Å²) in [6, 6.07) is 9.03. The van der Waals surface area contributed by atoms with E-state index < -0.39 is 18.9 Å². The molecule has 0 amide bonds. The Kier molecular flexibility index (Phi) is 5.91. The van der Waals surface area contributed by atoms with Crippen molar-refractivity contribution in [2.45, 2.75) is 18.8 Å². The maximum Gasteiger partial charge on any atom is 0.319 e. The molecule has 2 nitrogen and oxygen atoms in total. The fourth-order valence-corrected chi connectivity index (χ4v) is 1.24. The highest BCUT2D eigenvalue weighted by Gasteiger charge is 2.39. The third-order valence-electron chi connectivity index (χ3n) is 2.19. The first kappa shape index (κ1) is 14.8. The van der Waals surface area contributed by atoms with Crippen LogP contribution in [0.5, 0.6) is 5.75 Å². The summed E-state index contributed by atoms with van der Waals surface area (Å²) in [5, 5.41) is 2.28. The first-order valence-corrected chi connectivity index (χ1v) is 5.57. The molecule has 0 aliphatic heterocycles. The van der Waals surface area contributed by atoms with E-state index in [2.05, 4.69) is 5.32 Å². The second-order valence-corrected chi connectivity index (χ2v) is 3.75. The van der Waals surface area contributed by atoms with Crippen molar-refractivity contribution in [3.63, 3.8) is 0 Å². The van der Waals surface area contributed by atoms with Crippen molar-refractivity contribution in [3.05, 3.63) is 30.3 Å². The van der Waals surface area contributed by atoms with Gasteiger partial charge < -0.3 is 10.1 Å². The largest absolute Gasteiger partial charge is 0.494 e. The molecule has 0 bridgehead atoms. The Bertz CT molecular complexity index is 332. The summed E-state index contributed by atoms with van der Waals surface area (Å²) < 4.78 is 53.9. The molecule has 0 saturated carbocycles. The van der Waals surface area contributed by atoms with Gasteiger partial charge in [-0.1, -0.05) is 18.2 Å². The van der Waals surface area contributed by atoms with Gasteiger partial charge in [0, 0.05) is 0 Å². The number of hydrogen-bond acceptors (Lipinski definition) is 2. The zero-order valence-corrected chi connectivity index (χ0v) is 9.71. The van der Waals surface area contributed by atoms with Crippen LogP contribution in [0.3, 0.4) is 0 Å². The lowest BCUT2D eigenvalue weighted by atomic mass is 10.3. The maximum atomic E-state index is 12.5. The van der Waals surface area contributed by atoms with Crippen LogP contribution in [0.2, 0.25) is 0 Å². The van der Waals surface area contributed by atoms with E-state index in [1.807, 2.05) is 18.2 Å². The van der Waals surface area contributed by atoms with E-state index in [4.69, 9.17) is 4.74 Å². The minimum Gasteiger partial charge on any atom is -0.494 e. The van der Waals surface area contributed by atoms with Gasteiger partial charge in [-0.3, -0.25) is 0 Å². The van der Waals surface area contributed by atoms with Crippen LogP contribution in [0.25, 0.3) is 0 Å². The van der Waals surface area contributed by atoms with Crippen LogP contribution >= 0.6 is 0 Å². The zero-order chi connectivity index (χ0) is 13.4. The van der Waals surface area contributed by atoms with Gasteiger partial charge in [0.05, 0.1) is 13.2 Å². The van der Waals surface area contributed by atoms with Gasteiger partial charge in [-0.05, 0) is 25.1 Å². The fraction of sp³-hybridized carbons (Fsp3) is 0.500. The third-order valence-corrected chi connectivity index (χ3v) is 2.19. The van der Waals surface area contributed by atoms with Crippen LogP contribution in [-0.4, -0.2) is 32.0 Å². The number of alkyl halides is 4. The van der Waals surface area contributed by atoms with E-state index in [1.165, 1.54) is 0 Å². The quantitative estimate of drug-likeness (QED) is 0.576. The predicted molar refractivity (Wildman–Crippen MR) is 60.4 cm³/mol. The normalized spacial score (nSPS) is 11.8. The predicted octanol–water partition coefficient (Wildman–Crippen LogP) is 2.95. The first-order valence-electron chi connectivity index (χ1n) is 5.57. The van der Waals surface area contributed by atoms with Gasteiger partial charge in [0.1, 0.15) is 5.75 Å². The minimum atomic E-state index is -3.97. The van der Waals surface area contributed by atoms with Gasteiger partial charge in [-0.25, -0.2) is 8.78 Å². The molecule has 1 aromatic rings. The molecule has 0 atom stereocenters. The van der Waals surface area contributed by atoms with Crippen LogP contribution in [0.1, 0.15) is 6.42 Å². The van der Waals surface area contributed by atoms with E-state index >= 15 is 0 Å². The SMILES string of the molecule is FC(F)C(F)(F)CNCCCOc1ccccc1. The highest BCUT2D eigenvalue weighted by molar-refractivity contribution is 5.20. The van der Waals surface area contributed by atoms with Crippen molar-refractivity contribution in [1.82, 2.24) is 5.32 Å². The Balaban J connectivity index is 2.06. The number of para-hydroxylation sites is 1. The van der Waals surface area contributed by atoms with Crippen LogP contribution < -0.4 is 10.1 Å². The first-order chi connectivity index (χ1) is 8.52. The van der Waals surface area contributed by atoms with Crippen LogP contribution in [-0.2, 0) is 0 Å². The van der Waals surface area contributed by atoms with Gasteiger partial charge in [0.25, 0.3) is 0 Å². The van der Waals surface area contributed by atoms with Crippen molar-refractivity contribution in [3.8, 4) is 5.75 Å². The molecule has 0 radical (unpaired) electrons. The monoisotopic (exact) mass is 265 g/mol. The van der Waals surface area contributed by atoms with E-state index in [0.717, 1.165) is 0 Å². The highest BCUT2D eigenvalue weighted by Crippen LogP contribution is 2.21. The summed E-state index contributed by atoms with van der Waals surface area (Å²) in [4.78, 5) is 0. The Morgan fingerprint density at radius 2 is 1.83 bits per heavy atom. The van der Waals surface area contributed by atoms with Gasteiger partial charge in [-0.15, -0.1) is 0 Å². The van der Waals surface area contributed by atoms with E-state index in [-0.39, 0.29) is 6.54 Å². The Hall–Kier alpha value is -1.30. The molecule has 6 heteroatoms. The molecule has 0 aromatic heterocycles. The molecule has 0 saturated heterocycles. The summed E-state index contributed by atoms with van der Waals surface area (Å²) in [7, 11) is 0. The second-order valence-electron chi connectivity index (χ2n) is 3.75. The molecule has 0 spiro atoms. The van der Waals surface area contributed by atoms with Crippen LogP contribution in [0.4, 0.5) is 17.6 Å². The summed E-state index contributed by atoms with van der Waals surface area (Å²) >= 11 is 0. The van der Waals surface area contributed by atoms with Gasteiger partial charge >= 0.3 is 12.3 Å². The standard InChI is InChI=1S/C12H15F4NO/c13-11(14)12(15,16)9-17-7-4-8-18-10-5-2-1-3-6-10/h1-3,5-6,11,17H,4,7-9H2. The molecule has 0 aliphatic carbocycles. The molecule has 0 heterocycles. The molecule has 1 rings (SSSR count). The molecular weight excluding hydrogens is 250 g/mol. The van der Waals surface area contributed by atoms with Crippen LogP contribution in [0.15, 0.2) is 30.3 Å². The Labute approximate surface area is 103 Å². The van der Waals surface area contributed by atoms with E-state index in [0.29, 0.717) is 18.8 Å². The molecular formula is C12H15F4NO. The summed E-state index contributed by atoms with van der Waals surface area (Å²) in [6.07, 6.45) is -3.17. The van der Waals surface area contributed by atoms with Gasteiger partial charge in [-0.2, -0.15) is 8.78 Å². The fourth-order valence-electron chi connectivity index (χ4n) is 1.24. The lowest BCUT2D eigenvalue weighted by Crippen LogP contribution is -2.39. The van der Waals surface area contributed by atoms with Crippen molar-refractivity contribution < 1.29 is 22.3 Å². The van der Waals surface area contributed by atoms with E-state index in [1.54, 1.807) is 12.1 Å². The van der Waals surface area contributed by atoms with Crippen LogP contribution in [0, 0.1) is 0 Å². The van der Waals surface area contributed by atoms with Crippen molar-refractivity contribution in [2.75, 3.05) is 19.7 Å². The third kappa shape index (κ3) is 5.35. The number of hydrogen-bond donors (Lipinski definition) is 1. The number of halogens is 4. The summed E-state index contributed by atoms with van der Waals surface area (Å²) in [6.45, 7) is -0.470. The molecule has 1 N–H and O–H groups in total. The van der Waals surface area contributed by atoms with Gasteiger partial charge in [0.15, 0.2) is 0 Å². The molecule has 0 aliphatic rings.